The molecule has 0 saturated heterocycles. The van der Waals surface area contributed by atoms with Crippen molar-refractivity contribution in [2.24, 2.45) is 0 Å². The molecule has 96 valence electrons. The van der Waals surface area contributed by atoms with E-state index in [2.05, 4.69) is 15.9 Å². The summed E-state index contributed by atoms with van der Waals surface area (Å²) in [5, 5.41) is 0. The maximum Gasteiger partial charge on any atom is 0.159 e. The maximum absolute atomic E-state index is 13.2. The Balaban J connectivity index is 2.47. The molecule has 0 aliphatic rings. The quantitative estimate of drug-likeness (QED) is 0.713. The van der Waals surface area contributed by atoms with Gasteiger partial charge in [-0.25, -0.2) is 8.78 Å². The van der Waals surface area contributed by atoms with Crippen LogP contribution in [0.25, 0.3) is 0 Å². The molecule has 1 unspecified atom stereocenters. The Morgan fingerprint density at radius 1 is 1.06 bits per heavy atom. The second-order valence-electron chi connectivity index (χ2n) is 4.29. The summed E-state index contributed by atoms with van der Waals surface area (Å²) >= 11 is 3.52. The van der Waals surface area contributed by atoms with Gasteiger partial charge in [-0.05, 0) is 44.0 Å². The molecule has 1 nitrogen and oxygen atoms in total. The molecule has 0 radical (unpaired) electrons. The Morgan fingerprint density at radius 2 is 1.72 bits per heavy atom. The van der Waals surface area contributed by atoms with Gasteiger partial charge in [-0.15, -0.1) is 0 Å². The molecule has 1 atom stereocenters. The second kappa shape index (κ2) is 4.84. The highest BCUT2D eigenvalue weighted by Gasteiger charge is 2.21. The lowest BCUT2D eigenvalue weighted by Crippen LogP contribution is -1.97. The first-order valence-electron chi connectivity index (χ1n) is 5.57. The number of benzene rings is 1. The van der Waals surface area contributed by atoms with Crippen molar-refractivity contribution in [3.8, 4) is 0 Å². The molecular weight excluding hydrogens is 302 g/mol. The van der Waals surface area contributed by atoms with Gasteiger partial charge in [0.2, 0.25) is 0 Å². The van der Waals surface area contributed by atoms with Crippen LogP contribution in [0.4, 0.5) is 8.78 Å². The van der Waals surface area contributed by atoms with E-state index in [1.54, 1.807) is 6.07 Å². The molecule has 4 heteroatoms. The van der Waals surface area contributed by atoms with Crippen molar-refractivity contribution >= 4 is 15.9 Å². The van der Waals surface area contributed by atoms with Gasteiger partial charge in [0.05, 0.1) is 4.83 Å². The molecule has 0 fully saturated rings. The van der Waals surface area contributed by atoms with E-state index in [0.717, 1.165) is 28.7 Å². The summed E-state index contributed by atoms with van der Waals surface area (Å²) in [5.74, 6) is -0.0473. The van der Waals surface area contributed by atoms with Crippen LogP contribution >= 0.6 is 15.9 Å². The Labute approximate surface area is 113 Å². The molecule has 0 saturated carbocycles. The topological polar surface area (TPSA) is 13.1 Å². The summed E-state index contributed by atoms with van der Waals surface area (Å²) in [4.78, 5) is -0.204. The minimum atomic E-state index is -0.840. The third-order valence-electron chi connectivity index (χ3n) is 3.11. The summed E-state index contributed by atoms with van der Waals surface area (Å²) in [5.41, 5.74) is 2.67. The molecule has 0 amide bonds. The molecule has 0 bridgehead atoms. The zero-order valence-electron chi connectivity index (χ0n) is 10.4. The van der Waals surface area contributed by atoms with Crippen molar-refractivity contribution in [1.29, 1.82) is 0 Å². The molecule has 0 aliphatic heterocycles. The monoisotopic (exact) mass is 314 g/mol. The summed E-state index contributed by atoms with van der Waals surface area (Å²) in [6, 6.07) is 3.91. The standard InChI is InChI=1S/C14H13BrF2O/c1-7-8(2)18-9(3)13(7)14(15)10-4-5-11(16)12(17)6-10/h4-6,14H,1-3H3. The Bertz CT molecular complexity index is 590. The van der Waals surface area contributed by atoms with Gasteiger partial charge in [-0.1, -0.05) is 22.0 Å². The van der Waals surface area contributed by atoms with Crippen molar-refractivity contribution in [2.75, 3.05) is 0 Å². The molecule has 1 heterocycles. The van der Waals surface area contributed by atoms with Crippen LogP contribution in [0, 0.1) is 32.4 Å². The fourth-order valence-electron chi connectivity index (χ4n) is 2.02. The molecular formula is C14H13BrF2O. The van der Waals surface area contributed by atoms with Crippen LogP contribution in [0.1, 0.15) is 33.0 Å². The average molecular weight is 315 g/mol. The lowest BCUT2D eigenvalue weighted by molar-refractivity contribution is 0.499. The number of hydrogen-bond donors (Lipinski definition) is 0. The van der Waals surface area contributed by atoms with Gasteiger partial charge in [-0.2, -0.15) is 0 Å². The first kappa shape index (κ1) is 13.3. The van der Waals surface area contributed by atoms with E-state index in [-0.39, 0.29) is 4.83 Å². The molecule has 2 aromatic rings. The maximum atomic E-state index is 13.2. The predicted molar refractivity (Wildman–Crippen MR) is 70.0 cm³/mol. The van der Waals surface area contributed by atoms with Gasteiger partial charge in [0.25, 0.3) is 0 Å². The molecule has 0 N–H and O–H groups in total. The third kappa shape index (κ3) is 2.21. The summed E-state index contributed by atoms with van der Waals surface area (Å²) in [6.45, 7) is 5.70. The lowest BCUT2D eigenvalue weighted by atomic mass is 10.0. The Morgan fingerprint density at radius 3 is 2.22 bits per heavy atom. The van der Waals surface area contributed by atoms with Crippen LogP contribution < -0.4 is 0 Å². The van der Waals surface area contributed by atoms with Crippen LogP contribution in [0.15, 0.2) is 22.6 Å². The van der Waals surface area contributed by atoms with Gasteiger partial charge in [-0.3, -0.25) is 0 Å². The highest BCUT2D eigenvalue weighted by molar-refractivity contribution is 9.09. The van der Waals surface area contributed by atoms with Crippen molar-refractivity contribution in [3.05, 3.63) is 58.0 Å². The summed E-state index contributed by atoms with van der Waals surface area (Å²) < 4.78 is 31.7. The van der Waals surface area contributed by atoms with Gasteiger partial charge in [0.1, 0.15) is 11.5 Å². The van der Waals surface area contributed by atoms with E-state index < -0.39 is 11.6 Å². The second-order valence-corrected chi connectivity index (χ2v) is 5.20. The highest BCUT2D eigenvalue weighted by atomic mass is 79.9. The zero-order chi connectivity index (χ0) is 13.4. The van der Waals surface area contributed by atoms with Gasteiger partial charge >= 0.3 is 0 Å². The van der Waals surface area contributed by atoms with Crippen LogP contribution in [-0.4, -0.2) is 0 Å². The van der Waals surface area contributed by atoms with E-state index in [0.29, 0.717) is 5.56 Å². The molecule has 1 aromatic carbocycles. The largest absolute Gasteiger partial charge is 0.466 e. The fourth-order valence-corrected chi connectivity index (χ4v) is 2.97. The highest BCUT2D eigenvalue weighted by Crippen LogP contribution is 2.37. The van der Waals surface area contributed by atoms with Crippen LogP contribution in [0.3, 0.4) is 0 Å². The Kier molecular flexibility index (Phi) is 3.57. The predicted octanol–water partition coefficient (Wildman–Crippen LogP) is 4.97. The normalized spacial score (nSPS) is 12.8. The molecule has 0 spiro atoms. The average Bonchev–Trinajstić information content (AvgIpc) is 2.56. The zero-order valence-corrected chi connectivity index (χ0v) is 11.9. The van der Waals surface area contributed by atoms with Gasteiger partial charge in [0.15, 0.2) is 11.6 Å². The SMILES string of the molecule is Cc1oc(C)c(C(Br)c2ccc(F)c(F)c2)c1C. The number of furan rings is 1. The van der Waals surface area contributed by atoms with Crippen molar-refractivity contribution in [3.63, 3.8) is 0 Å². The van der Waals surface area contributed by atoms with E-state index in [1.807, 2.05) is 20.8 Å². The minimum Gasteiger partial charge on any atom is -0.466 e. The Hall–Kier alpha value is -1.16. The van der Waals surface area contributed by atoms with E-state index in [4.69, 9.17) is 4.42 Å². The van der Waals surface area contributed by atoms with Gasteiger partial charge in [0, 0.05) is 5.56 Å². The first-order valence-corrected chi connectivity index (χ1v) is 6.49. The molecule has 2 rings (SSSR count). The fraction of sp³-hybridized carbons (Fsp3) is 0.286. The number of aryl methyl sites for hydroxylation is 2. The van der Waals surface area contributed by atoms with Crippen LogP contribution in [0.5, 0.6) is 0 Å². The van der Waals surface area contributed by atoms with Crippen LogP contribution in [0.2, 0.25) is 0 Å². The lowest BCUT2D eigenvalue weighted by Gasteiger charge is -2.11. The number of hydrogen-bond acceptors (Lipinski definition) is 1. The van der Waals surface area contributed by atoms with E-state index >= 15 is 0 Å². The van der Waals surface area contributed by atoms with E-state index in [1.165, 1.54) is 6.07 Å². The minimum absolute atomic E-state index is 0.204. The number of rotatable bonds is 2. The van der Waals surface area contributed by atoms with E-state index in [9.17, 15) is 8.78 Å². The molecule has 0 aliphatic carbocycles. The summed E-state index contributed by atoms with van der Waals surface area (Å²) in [6.07, 6.45) is 0. The smallest absolute Gasteiger partial charge is 0.159 e. The van der Waals surface area contributed by atoms with Crippen LogP contribution in [-0.2, 0) is 0 Å². The summed E-state index contributed by atoms with van der Waals surface area (Å²) in [7, 11) is 0. The number of alkyl halides is 1. The molecule has 18 heavy (non-hydrogen) atoms. The number of halogens is 3. The van der Waals surface area contributed by atoms with Crippen molar-refractivity contribution in [2.45, 2.75) is 25.6 Å². The first-order chi connectivity index (χ1) is 8.41. The third-order valence-corrected chi connectivity index (χ3v) is 4.09. The van der Waals surface area contributed by atoms with Gasteiger partial charge < -0.3 is 4.42 Å². The van der Waals surface area contributed by atoms with Crippen molar-refractivity contribution in [1.82, 2.24) is 0 Å². The van der Waals surface area contributed by atoms with Crippen molar-refractivity contribution < 1.29 is 13.2 Å². The molecule has 1 aromatic heterocycles.